The minimum absolute atomic E-state index is 0.0757. The van der Waals surface area contributed by atoms with Gasteiger partial charge in [0.25, 0.3) is 5.91 Å². The second kappa shape index (κ2) is 10.0. The molecule has 2 amide bonds. The van der Waals surface area contributed by atoms with Crippen molar-refractivity contribution in [3.8, 4) is 10.6 Å². The maximum Gasteiger partial charge on any atom is 0.257 e. The van der Waals surface area contributed by atoms with Crippen LogP contribution in [-0.2, 0) is 4.79 Å². The number of carbonyl (C=O) groups excluding carboxylic acids is 2. The van der Waals surface area contributed by atoms with Crippen LogP contribution in [0.15, 0.2) is 42.7 Å². The summed E-state index contributed by atoms with van der Waals surface area (Å²) in [7, 11) is 0. The summed E-state index contributed by atoms with van der Waals surface area (Å²) < 4.78 is 0. The summed E-state index contributed by atoms with van der Waals surface area (Å²) in [6.07, 6.45) is 6.00. The molecule has 2 aromatic heterocycles. The maximum atomic E-state index is 13.3. The highest BCUT2D eigenvalue weighted by molar-refractivity contribution is 7.18. The molecule has 1 aliphatic carbocycles. The third kappa shape index (κ3) is 5.30. The molecular formula is C26H31N7O2S. The Kier molecular flexibility index (Phi) is 6.83. The Hall–Kier alpha value is -3.21. The first-order valence-corrected chi connectivity index (χ1v) is 13.1. The van der Waals surface area contributed by atoms with Gasteiger partial charge in [0.05, 0.1) is 5.54 Å². The third-order valence-electron chi connectivity index (χ3n) is 7.03. The number of pyridine rings is 1. The van der Waals surface area contributed by atoms with Crippen LogP contribution in [0.5, 0.6) is 0 Å². The summed E-state index contributed by atoms with van der Waals surface area (Å²) in [4.78, 5) is 35.1. The van der Waals surface area contributed by atoms with E-state index in [0.717, 1.165) is 43.3 Å². The summed E-state index contributed by atoms with van der Waals surface area (Å²) in [5.74, 6) is -0.386. The molecule has 3 aromatic rings. The normalized spacial score (nSPS) is 17.1. The van der Waals surface area contributed by atoms with Crippen molar-refractivity contribution in [2.45, 2.75) is 45.2 Å². The van der Waals surface area contributed by atoms with Gasteiger partial charge >= 0.3 is 0 Å². The Morgan fingerprint density at radius 1 is 1.06 bits per heavy atom. The topological polar surface area (TPSA) is 103 Å². The Morgan fingerprint density at radius 2 is 1.83 bits per heavy atom. The molecule has 0 unspecified atom stereocenters. The zero-order valence-corrected chi connectivity index (χ0v) is 21.6. The van der Waals surface area contributed by atoms with E-state index in [1.807, 2.05) is 39.0 Å². The van der Waals surface area contributed by atoms with Gasteiger partial charge in [-0.15, -0.1) is 10.2 Å². The van der Waals surface area contributed by atoms with E-state index < -0.39 is 5.54 Å². The fraction of sp³-hybridized carbons (Fsp3) is 0.423. The van der Waals surface area contributed by atoms with Crippen molar-refractivity contribution in [3.05, 3.63) is 53.9 Å². The minimum atomic E-state index is -0.657. The highest BCUT2D eigenvalue weighted by Gasteiger charge is 2.39. The van der Waals surface area contributed by atoms with Crippen molar-refractivity contribution >= 4 is 34.0 Å². The maximum absolute atomic E-state index is 13.3. The standard InChI is InChI=1S/C26H31N7O2S/c1-17-6-7-18(22(34)29-25-31-30-23(36-25)19-5-4-10-27-16-19)15-21(17)28-24(35)26(2,3)33-13-11-32(12-14-33)20-8-9-20/h4-7,10,15-16,20H,8-9,11-14H2,1-3H3,(H,28,35)(H,29,31,34). The number of aryl methyl sites for hydroxylation is 1. The van der Waals surface area contributed by atoms with Gasteiger partial charge in [0.2, 0.25) is 11.0 Å². The van der Waals surface area contributed by atoms with E-state index in [1.165, 1.54) is 24.2 Å². The van der Waals surface area contributed by atoms with Gasteiger partial charge in [-0.1, -0.05) is 17.4 Å². The number of amides is 2. The Morgan fingerprint density at radius 3 is 2.53 bits per heavy atom. The minimum Gasteiger partial charge on any atom is -0.324 e. The number of piperazine rings is 1. The second-order valence-corrected chi connectivity index (χ2v) is 10.9. The second-order valence-electron chi connectivity index (χ2n) is 9.91. The average Bonchev–Trinajstić information content (AvgIpc) is 3.64. The van der Waals surface area contributed by atoms with Gasteiger partial charge in [-0.2, -0.15) is 0 Å². The number of nitrogens with zero attached hydrogens (tertiary/aromatic N) is 5. The molecule has 9 nitrogen and oxygen atoms in total. The lowest BCUT2D eigenvalue weighted by molar-refractivity contribution is -0.127. The number of hydrogen-bond acceptors (Lipinski definition) is 8. The lowest BCUT2D eigenvalue weighted by Crippen LogP contribution is -2.59. The van der Waals surface area contributed by atoms with E-state index in [2.05, 4.69) is 35.6 Å². The van der Waals surface area contributed by atoms with Crippen molar-refractivity contribution in [2.75, 3.05) is 36.8 Å². The molecule has 2 N–H and O–H groups in total. The SMILES string of the molecule is Cc1ccc(C(=O)Nc2nnc(-c3cccnc3)s2)cc1NC(=O)C(C)(C)N1CCN(C2CC2)CC1. The van der Waals surface area contributed by atoms with Crippen LogP contribution in [0.25, 0.3) is 10.6 Å². The van der Waals surface area contributed by atoms with Gasteiger partial charge < -0.3 is 5.32 Å². The van der Waals surface area contributed by atoms with Gasteiger partial charge in [-0.05, 0) is 63.4 Å². The smallest absolute Gasteiger partial charge is 0.257 e. The number of carbonyl (C=O) groups is 2. The predicted molar refractivity (Wildman–Crippen MR) is 141 cm³/mol. The highest BCUT2D eigenvalue weighted by Crippen LogP contribution is 2.30. The number of nitrogens with one attached hydrogen (secondary N) is 2. The van der Waals surface area contributed by atoms with Crippen molar-refractivity contribution in [1.29, 1.82) is 0 Å². The molecule has 1 saturated heterocycles. The van der Waals surface area contributed by atoms with Crippen LogP contribution in [0.4, 0.5) is 10.8 Å². The number of anilines is 2. The monoisotopic (exact) mass is 505 g/mol. The van der Waals surface area contributed by atoms with E-state index in [-0.39, 0.29) is 11.8 Å². The third-order valence-corrected chi connectivity index (χ3v) is 7.91. The van der Waals surface area contributed by atoms with Crippen LogP contribution in [-0.4, -0.2) is 74.6 Å². The van der Waals surface area contributed by atoms with E-state index in [1.54, 1.807) is 24.5 Å². The molecule has 10 heteroatoms. The van der Waals surface area contributed by atoms with Crippen LogP contribution in [0.2, 0.25) is 0 Å². The number of hydrogen-bond donors (Lipinski definition) is 2. The zero-order valence-electron chi connectivity index (χ0n) is 20.8. The molecule has 0 bridgehead atoms. The van der Waals surface area contributed by atoms with Crippen LogP contribution < -0.4 is 10.6 Å². The summed E-state index contributed by atoms with van der Waals surface area (Å²) in [6.45, 7) is 9.62. The molecule has 0 radical (unpaired) electrons. The Balaban J connectivity index is 1.24. The van der Waals surface area contributed by atoms with E-state index in [4.69, 9.17) is 0 Å². The Labute approximate surface area is 214 Å². The van der Waals surface area contributed by atoms with Crippen molar-refractivity contribution in [3.63, 3.8) is 0 Å². The first-order valence-electron chi connectivity index (χ1n) is 12.3. The van der Waals surface area contributed by atoms with Crippen molar-refractivity contribution < 1.29 is 9.59 Å². The molecule has 1 aliphatic heterocycles. The lowest BCUT2D eigenvalue weighted by atomic mass is 9.99. The molecule has 5 rings (SSSR count). The molecule has 1 aromatic carbocycles. The van der Waals surface area contributed by atoms with E-state index in [9.17, 15) is 9.59 Å². The first kappa shape index (κ1) is 24.5. The molecule has 2 fully saturated rings. The summed E-state index contributed by atoms with van der Waals surface area (Å²) in [6, 6.07) is 9.77. The number of aromatic nitrogens is 3. The molecule has 3 heterocycles. The molecule has 36 heavy (non-hydrogen) atoms. The number of benzene rings is 1. The van der Waals surface area contributed by atoms with Crippen LogP contribution in [0, 0.1) is 6.92 Å². The molecule has 2 aliphatic rings. The van der Waals surface area contributed by atoms with E-state index >= 15 is 0 Å². The molecule has 0 atom stereocenters. The largest absolute Gasteiger partial charge is 0.324 e. The Bertz CT molecular complexity index is 1250. The molecular weight excluding hydrogens is 474 g/mol. The van der Waals surface area contributed by atoms with Gasteiger partial charge in [0.15, 0.2) is 5.01 Å². The molecule has 188 valence electrons. The molecule has 0 spiro atoms. The highest BCUT2D eigenvalue weighted by atomic mass is 32.1. The molecule has 1 saturated carbocycles. The van der Waals surface area contributed by atoms with Gasteiger partial charge in [0.1, 0.15) is 0 Å². The summed E-state index contributed by atoms with van der Waals surface area (Å²) >= 11 is 1.28. The van der Waals surface area contributed by atoms with Crippen molar-refractivity contribution in [2.24, 2.45) is 0 Å². The van der Waals surface area contributed by atoms with Crippen LogP contribution in [0.3, 0.4) is 0 Å². The van der Waals surface area contributed by atoms with Gasteiger partial charge in [-0.3, -0.25) is 29.7 Å². The predicted octanol–water partition coefficient (Wildman–Crippen LogP) is 3.66. The van der Waals surface area contributed by atoms with E-state index in [0.29, 0.717) is 21.4 Å². The van der Waals surface area contributed by atoms with Crippen LogP contribution in [0.1, 0.15) is 42.6 Å². The van der Waals surface area contributed by atoms with Gasteiger partial charge in [-0.25, -0.2) is 0 Å². The summed E-state index contributed by atoms with van der Waals surface area (Å²) in [5.41, 5.74) is 2.14. The quantitative estimate of drug-likeness (QED) is 0.505. The number of rotatable bonds is 7. The average molecular weight is 506 g/mol. The zero-order chi connectivity index (χ0) is 25.3. The summed E-state index contributed by atoms with van der Waals surface area (Å²) in [5, 5.41) is 15.2. The fourth-order valence-corrected chi connectivity index (χ4v) is 5.18. The van der Waals surface area contributed by atoms with Crippen LogP contribution >= 0.6 is 11.3 Å². The van der Waals surface area contributed by atoms with Gasteiger partial charge in [0, 0.05) is 61.4 Å². The first-order chi connectivity index (χ1) is 17.3. The lowest BCUT2D eigenvalue weighted by Gasteiger charge is -2.43. The fourth-order valence-electron chi connectivity index (χ4n) is 4.45. The van der Waals surface area contributed by atoms with Crippen molar-refractivity contribution in [1.82, 2.24) is 25.0 Å².